The molecule has 3 heteroatoms. The van der Waals surface area contributed by atoms with Crippen LogP contribution in [0.1, 0.15) is 36.8 Å². The summed E-state index contributed by atoms with van der Waals surface area (Å²) in [5, 5.41) is 13.0. The second-order valence-electron chi connectivity index (χ2n) is 6.70. The van der Waals surface area contributed by atoms with Gasteiger partial charge in [-0.1, -0.05) is 30.5 Å². The number of aliphatic hydroxyl groups excluding tert-OH is 1. The Morgan fingerprint density at radius 1 is 1.19 bits per heavy atom. The lowest BCUT2D eigenvalue weighted by Gasteiger charge is -2.30. The molecule has 0 saturated heterocycles. The average molecular weight is 289 g/mol. The van der Waals surface area contributed by atoms with Crippen LogP contribution >= 0.6 is 0 Å². The number of ether oxygens (including phenoxy) is 1. The molecular weight excluding hydrogens is 262 g/mol. The molecule has 3 rings (SSSR count). The lowest BCUT2D eigenvalue weighted by Crippen LogP contribution is -2.37. The quantitative estimate of drug-likeness (QED) is 0.875. The molecule has 1 aliphatic heterocycles. The molecule has 3 atom stereocenters. The molecule has 1 aromatic rings. The summed E-state index contributed by atoms with van der Waals surface area (Å²) in [6.45, 7) is 4.39. The van der Waals surface area contributed by atoms with Crippen molar-refractivity contribution in [2.75, 3.05) is 19.7 Å². The summed E-state index contributed by atoms with van der Waals surface area (Å²) in [7, 11) is 0. The fourth-order valence-corrected chi connectivity index (χ4v) is 3.79. The van der Waals surface area contributed by atoms with E-state index < -0.39 is 0 Å². The Bertz CT molecular complexity index is 474. The molecule has 1 fully saturated rings. The highest BCUT2D eigenvalue weighted by Gasteiger charge is 2.26. The number of hydrogen-bond donors (Lipinski definition) is 2. The van der Waals surface area contributed by atoms with E-state index in [4.69, 9.17) is 4.74 Å². The molecule has 0 aromatic heterocycles. The van der Waals surface area contributed by atoms with Crippen LogP contribution in [0.3, 0.4) is 0 Å². The van der Waals surface area contributed by atoms with Gasteiger partial charge in [0.25, 0.3) is 0 Å². The summed E-state index contributed by atoms with van der Waals surface area (Å²) >= 11 is 0. The topological polar surface area (TPSA) is 41.5 Å². The SMILES string of the molecule is Cc1ccc2c(c1)CC(CNCC1CCCCC1CO)O2. The van der Waals surface area contributed by atoms with Crippen LogP contribution in [0.5, 0.6) is 5.75 Å². The van der Waals surface area contributed by atoms with Crippen molar-refractivity contribution in [1.82, 2.24) is 5.32 Å². The summed E-state index contributed by atoms with van der Waals surface area (Å²) in [6, 6.07) is 6.44. The van der Waals surface area contributed by atoms with Crippen LogP contribution in [0.15, 0.2) is 18.2 Å². The Kier molecular flexibility index (Phi) is 4.81. The van der Waals surface area contributed by atoms with E-state index >= 15 is 0 Å². The predicted octanol–water partition coefficient (Wildman–Crippen LogP) is 2.69. The van der Waals surface area contributed by atoms with Crippen molar-refractivity contribution < 1.29 is 9.84 Å². The van der Waals surface area contributed by atoms with Crippen LogP contribution in [0.25, 0.3) is 0 Å². The third kappa shape index (κ3) is 3.58. The number of nitrogens with one attached hydrogen (secondary N) is 1. The van der Waals surface area contributed by atoms with Crippen molar-refractivity contribution in [3.63, 3.8) is 0 Å². The van der Waals surface area contributed by atoms with Gasteiger partial charge in [0.1, 0.15) is 11.9 Å². The van der Waals surface area contributed by atoms with Gasteiger partial charge in [-0.25, -0.2) is 0 Å². The van der Waals surface area contributed by atoms with Gasteiger partial charge in [0, 0.05) is 19.6 Å². The first kappa shape index (κ1) is 14.9. The Hall–Kier alpha value is -1.06. The summed E-state index contributed by atoms with van der Waals surface area (Å²) in [4.78, 5) is 0. The Morgan fingerprint density at radius 2 is 2.00 bits per heavy atom. The summed E-state index contributed by atoms with van der Waals surface area (Å²) in [5.41, 5.74) is 2.65. The molecule has 116 valence electrons. The summed E-state index contributed by atoms with van der Waals surface area (Å²) < 4.78 is 5.99. The first-order chi connectivity index (χ1) is 10.3. The zero-order chi connectivity index (χ0) is 14.7. The Balaban J connectivity index is 1.44. The third-order valence-electron chi connectivity index (χ3n) is 5.04. The zero-order valence-electron chi connectivity index (χ0n) is 13.0. The predicted molar refractivity (Wildman–Crippen MR) is 84.7 cm³/mol. The molecule has 1 saturated carbocycles. The van der Waals surface area contributed by atoms with E-state index in [-0.39, 0.29) is 6.10 Å². The van der Waals surface area contributed by atoms with Crippen LogP contribution in [-0.2, 0) is 6.42 Å². The second kappa shape index (κ2) is 6.80. The monoisotopic (exact) mass is 289 g/mol. The van der Waals surface area contributed by atoms with E-state index in [1.54, 1.807) is 0 Å². The van der Waals surface area contributed by atoms with Crippen molar-refractivity contribution in [3.8, 4) is 5.75 Å². The largest absolute Gasteiger partial charge is 0.488 e. The lowest BCUT2D eigenvalue weighted by molar-refractivity contribution is 0.130. The van der Waals surface area contributed by atoms with Gasteiger partial charge in [-0.05, 0) is 49.8 Å². The fraction of sp³-hybridized carbons (Fsp3) is 0.667. The van der Waals surface area contributed by atoms with E-state index in [9.17, 15) is 5.11 Å². The fourth-order valence-electron chi connectivity index (χ4n) is 3.79. The molecule has 0 spiro atoms. The molecule has 3 unspecified atom stereocenters. The minimum atomic E-state index is 0.262. The molecule has 1 aromatic carbocycles. The highest BCUT2D eigenvalue weighted by Crippen LogP contribution is 2.30. The van der Waals surface area contributed by atoms with Crippen LogP contribution in [-0.4, -0.2) is 30.9 Å². The van der Waals surface area contributed by atoms with Crippen molar-refractivity contribution in [1.29, 1.82) is 0 Å². The van der Waals surface area contributed by atoms with Gasteiger partial charge in [0.2, 0.25) is 0 Å². The number of hydrogen-bond acceptors (Lipinski definition) is 3. The average Bonchev–Trinajstić information content (AvgIpc) is 2.89. The van der Waals surface area contributed by atoms with Crippen molar-refractivity contribution in [3.05, 3.63) is 29.3 Å². The van der Waals surface area contributed by atoms with Crippen molar-refractivity contribution in [2.45, 2.75) is 45.1 Å². The first-order valence-electron chi connectivity index (χ1n) is 8.34. The molecule has 0 amide bonds. The Labute approximate surface area is 127 Å². The minimum absolute atomic E-state index is 0.262. The molecule has 1 heterocycles. The molecular formula is C18H27NO2. The van der Waals surface area contributed by atoms with Crippen LogP contribution in [0, 0.1) is 18.8 Å². The van der Waals surface area contributed by atoms with E-state index in [1.807, 2.05) is 0 Å². The van der Waals surface area contributed by atoms with Gasteiger partial charge < -0.3 is 15.2 Å². The summed E-state index contributed by atoms with van der Waals surface area (Å²) in [6.07, 6.45) is 6.31. The molecule has 21 heavy (non-hydrogen) atoms. The molecule has 3 nitrogen and oxygen atoms in total. The van der Waals surface area contributed by atoms with E-state index in [1.165, 1.54) is 36.8 Å². The van der Waals surface area contributed by atoms with Gasteiger partial charge in [-0.15, -0.1) is 0 Å². The maximum atomic E-state index is 9.46. The lowest BCUT2D eigenvalue weighted by atomic mass is 9.79. The van der Waals surface area contributed by atoms with Crippen molar-refractivity contribution in [2.24, 2.45) is 11.8 Å². The summed E-state index contributed by atoms with van der Waals surface area (Å²) in [5.74, 6) is 2.18. The third-order valence-corrected chi connectivity index (χ3v) is 5.04. The number of benzene rings is 1. The van der Waals surface area contributed by atoms with Crippen LogP contribution in [0.2, 0.25) is 0 Å². The number of aliphatic hydroxyl groups is 1. The maximum absolute atomic E-state index is 9.46. The standard InChI is InChI=1S/C18H27NO2/c1-13-6-7-18-16(8-13)9-17(21-18)11-19-10-14-4-2-3-5-15(14)12-20/h6-8,14-15,17,19-20H,2-5,9-12H2,1H3. The van der Waals surface area contributed by atoms with Crippen LogP contribution < -0.4 is 10.1 Å². The highest BCUT2D eigenvalue weighted by molar-refractivity contribution is 5.40. The molecule has 0 radical (unpaired) electrons. The number of fused-ring (bicyclic) bond motifs is 1. The smallest absolute Gasteiger partial charge is 0.123 e. The highest BCUT2D eigenvalue weighted by atomic mass is 16.5. The van der Waals surface area contributed by atoms with Crippen molar-refractivity contribution >= 4 is 0 Å². The van der Waals surface area contributed by atoms with Gasteiger partial charge in [0.15, 0.2) is 0 Å². The maximum Gasteiger partial charge on any atom is 0.123 e. The van der Waals surface area contributed by atoms with Gasteiger partial charge in [-0.3, -0.25) is 0 Å². The minimum Gasteiger partial charge on any atom is -0.488 e. The molecule has 1 aliphatic carbocycles. The normalized spacial score (nSPS) is 28.2. The molecule has 2 N–H and O–H groups in total. The van der Waals surface area contributed by atoms with E-state index in [2.05, 4.69) is 30.4 Å². The first-order valence-corrected chi connectivity index (χ1v) is 8.34. The van der Waals surface area contributed by atoms with Crippen LogP contribution in [0.4, 0.5) is 0 Å². The Morgan fingerprint density at radius 3 is 2.81 bits per heavy atom. The molecule has 2 aliphatic rings. The van der Waals surface area contributed by atoms with Gasteiger partial charge in [0.05, 0.1) is 0 Å². The zero-order valence-corrected chi connectivity index (χ0v) is 13.0. The van der Waals surface area contributed by atoms with Gasteiger partial charge >= 0.3 is 0 Å². The molecule has 0 bridgehead atoms. The number of aryl methyl sites for hydroxylation is 1. The van der Waals surface area contributed by atoms with E-state index in [0.29, 0.717) is 18.4 Å². The van der Waals surface area contributed by atoms with E-state index in [0.717, 1.165) is 25.3 Å². The number of rotatable bonds is 5. The second-order valence-corrected chi connectivity index (χ2v) is 6.70. The van der Waals surface area contributed by atoms with Gasteiger partial charge in [-0.2, -0.15) is 0 Å².